The van der Waals surface area contributed by atoms with E-state index in [1.165, 1.54) is 0 Å². The Morgan fingerprint density at radius 1 is 1.33 bits per heavy atom. The molecule has 0 amide bonds. The van der Waals surface area contributed by atoms with Gasteiger partial charge in [0.05, 0.1) is 16.1 Å². The van der Waals surface area contributed by atoms with Gasteiger partial charge in [0, 0.05) is 0 Å². The molecule has 1 aromatic rings. The normalized spacial score (nSPS) is 11.8. The molecule has 18 heavy (non-hydrogen) atoms. The predicted octanol–water partition coefficient (Wildman–Crippen LogP) is 4.16. The first kappa shape index (κ1) is 14.7. The minimum Gasteiger partial charge on any atom is -0.434 e. The zero-order chi connectivity index (χ0) is 14.1. The summed E-state index contributed by atoms with van der Waals surface area (Å²) in [7, 11) is 0. The van der Waals surface area contributed by atoms with Gasteiger partial charge < -0.3 is 4.74 Å². The summed E-state index contributed by atoms with van der Waals surface area (Å²) in [6.45, 7) is -2.38. The zero-order valence-corrected chi connectivity index (χ0v) is 9.57. The summed E-state index contributed by atoms with van der Waals surface area (Å²) >= 11 is 5.47. The minimum atomic E-state index is -4.78. The average molecular weight is 289 g/mol. The summed E-state index contributed by atoms with van der Waals surface area (Å²) < 4.78 is 65.3. The number of hydrogen-bond acceptors (Lipinski definition) is 2. The second-order valence-electron chi connectivity index (χ2n) is 3.26. The van der Waals surface area contributed by atoms with Gasteiger partial charge in [-0.1, -0.05) is 11.6 Å². The minimum absolute atomic E-state index is 0.314. The van der Waals surface area contributed by atoms with Gasteiger partial charge in [-0.25, -0.2) is 0 Å². The number of benzene rings is 1. The number of rotatable bonds is 3. The number of Topliss-reactive ketones (excluding diaryl/α,β-unsaturated/α-hetero) is 1. The van der Waals surface area contributed by atoms with Crippen molar-refractivity contribution in [1.29, 1.82) is 0 Å². The van der Waals surface area contributed by atoms with E-state index in [2.05, 4.69) is 4.74 Å². The molecule has 0 unspecified atom stereocenters. The summed E-state index contributed by atoms with van der Waals surface area (Å²) in [5.74, 6) is -1.67. The van der Waals surface area contributed by atoms with E-state index in [1.807, 2.05) is 0 Å². The summed E-state index contributed by atoms with van der Waals surface area (Å²) in [6.07, 6.45) is -4.78. The van der Waals surface area contributed by atoms with Crippen LogP contribution < -0.4 is 4.74 Å². The topological polar surface area (TPSA) is 26.3 Å². The fourth-order valence-electron chi connectivity index (χ4n) is 1.28. The third-order valence-electron chi connectivity index (χ3n) is 1.95. The number of ketones is 1. The van der Waals surface area contributed by atoms with Gasteiger partial charge in [-0.15, -0.1) is 0 Å². The van der Waals surface area contributed by atoms with Crippen LogP contribution in [0.1, 0.15) is 22.8 Å². The molecule has 0 saturated carbocycles. The van der Waals surface area contributed by atoms with Gasteiger partial charge in [0.25, 0.3) is 0 Å². The summed E-state index contributed by atoms with van der Waals surface area (Å²) in [4.78, 5) is 11.1. The van der Waals surface area contributed by atoms with E-state index in [0.29, 0.717) is 12.1 Å². The standard InChI is InChI=1S/C10H6ClF5O2/c1-4(17)8-6(11)2-5(10(14,15)16)3-7(8)18-9(12)13/h2-3,9H,1H3. The van der Waals surface area contributed by atoms with Crippen LogP contribution in [0.2, 0.25) is 5.02 Å². The molecule has 0 fully saturated rings. The highest BCUT2D eigenvalue weighted by molar-refractivity contribution is 6.34. The number of halogens is 6. The van der Waals surface area contributed by atoms with Crippen molar-refractivity contribution in [3.05, 3.63) is 28.3 Å². The van der Waals surface area contributed by atoms with Crippen molar-refractivity contribution in [3.8, 4) is 5.75 Å². The van der Waals surface area contributed by atoms with Crippen molar-refractivity contribution < 1.29 is 31.5 Å². The Bertz CT molecular complexity index is 470. The Kier molecular flexibility index (Phi) is 4.16. The molecule has 0 spiro atoms. The first-order valence-electron chi connectivity index (χ1n) is 4.49. The highest BCUT2D eigenvalue weighted by Crippen LogP contribution is 2.37. The van der Waals surface area contributed by atoms with Crippen LogP contribution in [-0.2, 0) is 6.18 Å². The lowest BCUT2D eigenvalue weighted by Crippen LogP contribution is -2.11. The number of alkyl halides is 5. The Labute approximate surface area is 103 Å². The third-order valence-corrected chi connectivity index (χ3v) is 2.25. The van der Waals surface area contributed by atoms with E-state index in [-0.39, 0.29) is 0 Å². The molecule has 0 aromatic heterocycles. The van der Waals surface area contributed by atoms with Crippen LogP contribution in [0.5, 0.6) is 5.75 Å². The Balaban J connectivity index is 3.42. The fourth-order valence-corrected chi connectivity index (χ4v) is 1.62. The van der Waals surface area contributed by atoms with Crippen molar-refractivity contribution in [3.63, 3.8) is 0 Å². The molecule has 0 N–H and O–H groups in total. The SMILES string of the molecule is CC(=O)c1c(Cl)cc(C(F)(F)F)cc1OC(F)F. The largest absolute Gasteiger partial charge is 0.434 e. The summed E-state index contributed by atoms with van der Waals surface area (Å²) in [6, 6.07) is 0.797. The van der Waals surface area contributed by atoms with Crippen molar-refractivity contribution in [2.45, 2.75) is 19.7 Å². The van der Waals surface area contributed by atoms with E-state index in [0.717, 1.165) is 6.92 Å². The molecule has 0 aliphatic carbocycles. The van der Waals surface area contributed by atoms with E-state index in [1.54, 1.807) is 0 Å². The number of ether oxygens (including phenoxy) is 1. The maximum atomic E-state index is 12.4. The zero-order valence-electron chi connectivity index (χ0n) is 8.82. The second-order valence-corrected chi connectivity index (χ2v) is 3.67. The lowest BCUT2D eigenvalue weighted by molar-refractivity contribution is -0.138. The molecular weight excluding hydrogens is 283 g/mol. The van der Waals surface area contributed by atoms with Crippen LogP contribution >= 0.6 is 11.6 Å². The van der Waals surface area contributed by atoms with Gasteiger partial charge in [-0.05, 0) is 19.1 Å². The molecule has 0 heterocycles. The number of carbonyl (C=O) groups is 1. The maximum absolute atomic E-state index is 12.4. The second kappa shape index (κ2) is 5.09. The molecule has 0 aliphatic rings. The van der Waals surface area contributed by atoms with Crippen molar-refractivity contribution in [2.24, 2.45) is 0 Å². The Morgan fingerprint density at radius 2 is 1.89 bits per heavy atom. The maximum Gasteiger partial charge on any atom is 0.416 e. The molecule has 0 saturated heterocycles. The van der Waals surface area contributed by atoms with Crippen LogP contribution in [0.4, 0.5) is 22.0 Å². The lowest BCUT2D eigenvalue weighted by atomic mass is 10.1. The van der Waals surface area contributed by atoms with Crippen LogP contribution in [0.25, 0.3) is 0 Å². The van der Waals surface area contributed by atoms with Gasteiger partial charge in [-0.3, -0.25) is 4.79 Å². The Hall–Kier alpha value is -1.37. The van der Waals surface area contributed by atoms with Crippen molar-refractivity contribution >= 4 is 17.4 Å². The first-order valence-corrected chi connectivity index (χ1v) is 4.87. The van der Waals surface area contributed by atoms with Gasteiger partial charge in [0.2, 0.25) is 0 Å². The number of hydrogen-bond donors (Lipinski definition) is 0. The van der Waals surface area contributed by atoms with Crippen molar-refractivity contribution in [2.75, 3.05) is 0 Å². The quantitative estimate of drug-likeness (QED) is 0.616. The molecule has 2 nitrogen and oxygen atoms in total. The van der Waals surface area contributed by atoms with E-state index in [9.17, 15) is 26.7 Å². The fraction of sp³-hybridized carbons (Fsp3) is 0.300. The highest BCUT2D eigenvalue weighted by atomic mass is 35.5. The van der Waals surface area contributed by atoms with Gasteiger partial charge in [0.15, 0.2) is 5.78 Å². The molecule has 1 aromatic carbocycles. The van der Waals surface area contributed by atoms with Crippen molar-refractivity contribution in [1.82, 2.24) is 0 Å². The monoisotopic (exact) mass is 288 g/mol. The van der Waals surface area contributed by atoms with Gasteiger partial charge in [-0.2, -0.15) is 22.0 Å². The molecule has 1 rings (SSSR count). The highest BCUT2D eigenvalue weighted by Gasteiger charge is 2.33. The van der Waals surface area contributed by atoms with Gasteiger partial charge >= 0.3 is 12.8 Å². The molecule has 0 aliphatic heterocycles. The lowest BCUT2D eigenvalue weighted by Gasteiger charge is -2.14. The predicted molar refractivity (Wildman–Crippen MR) is 53.1 cm³/mol. The van der Waals surface area contributed by atoms with Gasteiger partial charge in [0.1, 0.15) is 5.75 Å². The summed E-state index contributed by atoms with van der Waals surface area (Å²) in [5.41, 5.74) is -1.78. The van der Waals surface area contributed by atoms with Crippen LogP contribution in [-0.4, -0.2) is 12.4 Å². The molecule has 0 bridgehead atoms. The molecule has 8 heteroatoms. The average Bonchev–Trinajstić information content (AvgIpc) is 2.13. The van der Waals surface area contributed by atoms with E-state index < -0.39 is 40.5 Å². The third kappa shape index (κ3) is 3.32. The van der Waals surface area contributed by atoms with Crippen LogP contribution in [0.15, 0.2) is 12.1 Å². The van der Waals surface area contributed by atoms with E-state index in [4.69, 9.17) is 11.6 Å². The summed E-state index contributed by atoms with van der Waals surface area (Å²) in [5, 5.41) is -0.590. The molecular formula is C10H6ClF5O2. The first-order chi connectivity index (χ1) is 8.12. The molecule has 0 radical (unpaired) electrons. The Morgan fingerprint density at radius 3 is 2.28 bits per heavy atom. The van der Waals surface area contributed by atoms with E-state index >= 15 is 0 Å². The molecule has 0 atom stereocenters. The number of carbonyl (C=O) groups excluding carboxylic acids is 1. The smallest absolute Gasteiger partial charge is 0.416 e. The molecule has 100 valence electrons. The van der Waals surface area contributed by atoms with Crippen LogP contribution in [0, 0.1) is 0 Å². The van der Waals surface area contributed by atoms with Crippen LogP contribution in [0.3, 0.4) is 0 Å².